The Morgan fingerprint density at radius 3 is 2.61 bits per heavy atom. The summed E-state index contributed by atoms with van der Waals surface area (Å²) < 4.78 is 8.12. The van der Waals surface area contributed by atoms with Crippen LogP contribution in [0, 0.1) is 0 Å². The molecular weight excluding hydrogens is 560 g/mol. The van der Waals surface area contributed by atoms with Crippen LogP contribution >= 0.6 is 11.6 Å². The van der Waals surface area contributed by atoms with Crippen molar-refractivity contribution < 1.29 is 14.6 Å². The molecule has 5 heterocycles. The molecule has 2 bridgehead atoms. The number of fused-ring (bicyclic) bond motifs is 4. The van der Waals surface area contributed by atoms with Gasteiger partial charge in [0.25, 0.3) is 0 Å². The first-order valence-corrected chi connectivity index (χ1v) is 18.2. The topological polar surface area (TPSA) is 125 Å². The van der Waals surface area contributed by atoms with Gasteiger partial charge in [0.1, 0.15) is 18.1 Å². The number of amides is 1. The van der Waals surface area contributed by atoms with Crippen LogP contribution in [0.15, 0.2) is 41.5 Å². The first-order valence-electron chi connectivity index (χ1n) is 14.1. The van der Waals surface area contributed by atoms with Gasteiger partial charge >= 0.3 is 6.09 Å². The molecule has 1 aromatic carbocycles. The molecular formula is C29H35ClN6O4Si. The van der Waals surface area contributed by atoms with E-state index in [2.05, 4.69) is 34.8 Å². The molecule has 0 spiro atoms. The van der Waals surface area contributed by atoms with E-state index in [0.29, 0.717) is 35.0 Å². The Kier molecular flexibility index (Phi) is 7.29. The number of carbonyl (C=O) groups is 1. The summed E-state index contributed by atoms with van der Waals surface area (Å²) in [6.07, 6.45) is 6.32. The van der Waals surface area contributed by atoms with Gasteiger partial charge in [0, 0.05) is 56.2 Å². The molecule has 2 fully saturated rings. The molecule has 3 aromatic heterocycles. The second kappa shape index (κ2) is 10.8. The molecule has 0 aliphatic carbocycles. The van der Waals surface area contributed by atoms with Gasteiger partial charge in [0.05, 0.1) is 16.7 Å². The largest absolute Gasteiger partial charge is 0.465 e. The standard InChI is InChI=1S/C29H35ClN6O4Si/c1-41(2,3)11-10-40-16-35-15-22(21-8-4-17-5-9-24(37)34-26(17)25(21)30)27-28(35)33-23(14-31-27)36-19-6-7-20(36)13-18(12-19)32-29(38)39/h4-5,8-9,14-15,18-20,32H,6-7,10-13,16H2,1-3H3,(H,34,37)(H,38,39). The zero-order chi connectivity index (χ0) is 28.9. The van der Waals surface area contributed by atoms with Crippen LogP contribution < -0.4 is 15.8 Å². The van der Waals surface area contributed by atoms with Crippen LogP contribution in [0.3, 0.4) is 0 Å². The first kappa shape index (κ1) is 27.7. The van der Waals surface area contributed by atoms with Crippen LogP contribution in [0.5, 0.6) is 0 Å². The fourth-order valence-corrected chi connectivity index (χ4v) is 7.32. The maximum Gasteiger partial charge on any atom is 0.404 e. The van der Waals surface area contributed by atoms with Gasteiger partial charge in [-0.05, 0) is 43.2 Å². The van der Waals surface area contributed by atoms with Crippen molar-refractivity contribution in [3.8, 4) is 11.1 Å². The summed E-state index contributed by atoms with van der Waals surface area (Å²) >= 11 is 6.87. The number of carboxylic acid groups (broad SMARTS) is 1. The number of piperidine rings is 1. The number of benzene rings is 1. The number of aromatic amines is 1. The molecule has 41 heavy (non-hydrogen) atoms. The van der Waals surface area contributed by atoms with Gasteiger partial charge in [0.15, 0.2) is 5.65 Å². The van der Waals surface area contributed by atoms with E-state index in [4.69, 9.17) is 26.3 Å². The zero-order valence-corrected chi connectivity index (χ0v) is 25.2. The number of rotatable bonds is 8. The number of ether oxygens (including phenoxy) is 1. The monoisotopic (exact) mass is 594 g/mol. The summed E-state index contributed by atoms with van der Waals surface area (Å²) in [7, 11) is -1.25. The van der Waals surface area contributed by atoms with Gasteiger partial charge < -0.3 is 29.6 Å². The molecule has 3 N–H and O–H groups in total. The molecule has 2 aliphatic heterocycles. The number of halogens is 1. The quantitative estimate of drug-likeness (QED) is 0.177. The number of nitrogens with one attached hydrogen (secondary N) is 2. The van der Waals surface area contributed by atoms with E-state index >= 15 is 0 Å². The lowest BCUT2D eigenvalue weighted by Gasteiger charge is -2.39. The highest BCUT2D eigenvalue weighted by molar-refractivity contribution is 6.76. The van der Waals surface area contributed by atoms with E-state index in [1.807, 2.05) is 29.1 Å². The van der Waals surface area contributed by atoms with E-state index < -0.39 is 14.2 Å². The predicted octanol–water partition coefficient (Wildman–Crippen LogP) is 5.67. The van der Waals surface area contributed by atoms with Gasteiger partial charge in [-0.2, -0.15) is 0 Å². The molecule has 216 valence electrons. The Morgan fingerprint density at radius 2 is 1.90 bits per heavy atom. The minimum atomic E-state index is -1.25. The van der Waals surface area contributed by atoms with E-state index in [-0.39, 0.29) is 23.7 Å². The van der Waals surface area contributed by atoms with Crippen LogP contribution in [-0.4, -0.2) is 63.5 Å². The van der Waals surface area contributed by atoms with E-state index in [9.17, 15) is 14.7 Å². The lowest BCUT2D eigenvalue weighted by Crippen LogP contribution is -2.50. The van der Waals surface area contributed by atoms with Gasteiger partial charge in [-0.25, -0.2) is 14.8 Å². The number of hydrogen-bond donors (Lipinski definition) is 3. The number of anilines is 1. The Morgan fingerprint density at radius 1 is 1.17 bits per heavy atom. The lowest BCUT2D eigenvalue weighted by atomic mass is 9.97. The summed E-state index contributed by atoms with van der Waals surface area (Å²) in [6, 6.07) is 8.56. The predicted molar refractivity (Wildman–Crippen MR) is 164 cm³/mol. The molecule has 1 amide bonds. The number of H-pyrrole nitrogens is 1. The van der Waals surface area contributed by atoms with Crippen molar-refractivity contribution in [3.05, 3.63) is 52.0 Å². The molecule has 6 rings (SSSR count). The van der Waals surface area contributed by atoms with Crippen molar-refractivity contribution in [2.24, 2.45) is 0 Å². The smallest absolute Gasteiger partial charge is 0.404 e. The second-order valence-corrected chi connectivity index (χ2v) is 18.4. The number of nitrogens with zero attached hydrogens (tertiary/aromatic N) is 4. The maximum atomic E-state index is 12.0. The summed E-state index contributed by atoms with van der Waals surface area (Å²) in [5.74, 6) is 0.792. The average Bonchev–Trinajstić information content (AvgIpc) is 3.40. The van der Waals surface area contributed by atoms with Crippen molar-refractivity contribution in [1.82, 2.24) is 24.8 Å². The van der Waals surface area contributed by atoms with Crippen LogP contribution in [0.4, 0.5) is 10.6 Å². The van der Waals surface area contributed by atoms with E-state index in [1.165, 1.54) is 6.07 Å². The minimum absolute atomic E-state index is 0.0466. The molecule has 0 saturated carbocycles. The van der Waals surface area contributed by atoms with Gasteiger partial charge in [0.2, 0.25) is 5.56 Å². The normalized spacial score (nSPS) is 20.7. The zero-order valence-electron chi connectivity index (χ0n) is 23.5. The number of hydrogen-bond acceptors (Lipinski definition) is 6. The highest BCUT2D eigenvalue weighted by Gasteiger charge is 2.42. The highest BCUT2D eigenvalue weighted by atomic mass is 35.5. The average molecular weight is 595 g/mol. The van der Waals surface area contributed by atoms with Crippen molar-refractivity contribution in [2.75, 3.05) is 11.5 Å². The summed E-state index contributed by atoms with van der Waals surface area (Å²) in [5.41, 5.74) is 3.36. The molecule has 2 aliphatic rings. The van der Waals surface area contributed by atoms with Crippen molar-refractivity contribution in [3.63, 3.8) is 0 Å². The third-order valence-electron chi connectivity index (χ3n) is 8.23. The fourth-order valence-electron chi connectivity index (χ4n) is 6.24. The SMILES string of the molecule is C[Si](C)(C)CCOCn1cc(-c2ccc3ccc(=O)[nH]c3c2Cl)c2ncc(N3C4CCC3CC(NC(=O)O)C4)nc21. The van der Waals surface area contributed by atoms with Crippen LogP contribution in [-0.2, 0) is 11.5 Å². The lowest BCUT2D eigenvalue weighted by molar-refractivity contribution is 0.0899. The van der Waals surface area contributed by atoms with Crippen molar-refractivity contribution in [2.45, 2.75) is 76.2 Å². The number of pyridine rings is 1. The third-order valence-corrected chi connectivity index (χ3v) is 10.3. The first-order chi connectivity index (χ1) is 19.6. The van der Waals surface area contributed by atoms with Gasteiger partial charge in [-0.15, -0.1) is 0 Å². The fraction of sp³-hybridized carbons (Fsp3) is 0.448. The maximum absolute atomic E-state index is 12.0. The second-order valence-electron chi connectivity index (χ2n) is 12.4. The highest BCUT2D eigenvalue weighted by Crippen LogP contribution is 2.41. The van der Waals surface area contributed by atoms with Crippen molar-refractivity contribution >= 4 is 53.7 Å². The number of aromatic nitrogens is 4. The Labute approximate surface area is 243 Å². The minimum Gasteiger partial charge on any atom is -0.465 e. The van der Waals surface area contributed by atoms with Crippen LogP contribution in [0.1, 0.15) is 25.7 Å². The Balaban J connectivity index is 1.39. The molecule has 2 unspecified atom stereocenters. The van der Waals surface area contributed by atoms with Gasteiger partial charge in [-0.1, -0.05) is 43.4 Å². The Bertz CT molecular complexity index is 1670. The molecule has 10 nitrogen and oxygen atoms in total. The summed E-state index contributed by atoms with van der Waals surface area (Å²) in [6.45, 7) is 7.98. The van der Waals surface area contributed by atoms with Crippen LogP contribution in [0.25, 0.3) is 33.2 Å². The molecule has 4 aromatic rings. The van der Waals surface area contributed by atoms with Crippen molar-refractivity contribution in [1.29, 1.82) is 0 Å². The van der Waals surface area contributed by atoms with E-state index in [0.717, 1.165) is 54.1 Å². The molecule has 2 atom stereocenters. The molecule has 12 heteroatoms. The van der Waals surface area contributed by atoms with Gasteiger partial charge in [-0.3, -0.25) is 4.79 Å². The third kappa shape index (κ3) is 5.58. The summed E-state index contributed by atoms with van der Waals surface area (Å²) in [5, 5.41) is 13.2. The molecule has 0 radical (unpaired) electrons. The van der Waals surface area contributed by atoms with Crippen LogP contribution in [0.2, 0.25) is 30.7 Å². The molecule has 2 saturated heterocycles. The summed E-state index contributed by atoms with van der Waals surface area (Å²) in [4.78, 5) is 38.5. The Hall–Kier alpha value is -3.41. The van der Waals surface area contributed by atoms with E-state index in [1.54, 1.807) is 6.07 Å².